The standard InChI is InChI=1S/C11H12N2S2/c14-10-9(8-4-3-7-15-8)12-11(13-10)5-1-2-6-11/h3-4,7H,1-2,5-6H2,(H,13,14). The minimum absolute atomic E-state index is 0.0452. The number of hydrogen-bond donors (Lipinski definition) is 1. The Kier molecular flexibility index (Phi) is 2.14. The molecule has 1 saturated carbocycles. The molecule has 1 fully saturated rings. The lowest BCUT2D eigenvalue weighted by atomic mass is 10.1. The second-order valence-corrected chi connectivity index (χ2v) is 5.49. The average Bonchev–Trinajstić information content (AvgIpc) is 2.90. The van der Waals surface area contributed by atoms with Crippen LogP contribution in [-0.2, 0) is 0 Å². The van der Waals surface area contributed by atoms with Gasteiger partial charge in [0.25, 0.3) is 0 Å². The highest BCUT2D eigenvalue weighted by Crippen LogP contribution is 2.35. The molecular formula is C11H12N2S2. The Hall–Kier alpha value is -0.740. The first-order valence-corrected chi connectivity index (χ1v) is 6.54. The van der Waals surface area contributed by atoms with Crippen molar-refractivity contribution in [3.05, 3.63) is 22.4 Å². The molecule has 78 valence electrons. The molecule has 2 aliphatic rings. The van der Waals surface area contributed by atoms with Crippen molar-refractivity contribution in [1.82, 2.24) is 5.32 Å². The highest BCUT2D eigenvalue weighted by atomic mass is 32.1. The molecule has 0 amide bonds. The predicted octanol–water partition coefficient (Wildman–Crippen LogP) is 2.74. The lowest BCUT2D eigenvalue weighted by Crippen LogP contribution is -2.39. The fourth-order valence-corrected chi connectivity index (χ4v) is 3.47. The topological polar surface area (TPSA) is 24.4 Å². The summed E-state index contributed by atoms with van der Waals surface area (Å²) in [5.74, 6) is 0. The summed E-state index contributed by atoms with van der Waals surface area (Å²) in [7, 11) is 0. The molecule has 1 aliphatic heterocycles. The number of nitrogens with zero attached hydrogens (tertiary/aromatic N) is 1. The Balaban J connectivity index is 1.99. The highest BCUT2D eigenvalue weighted by Gasteiger charge is 2.40. The van der Waals surface area contributed by atoms with Gasteiger partial charge in [0, 0.05) is 0 Å². The maximum Gasteiger partial charge on any atom is 0.131 e. The normalized spacial score (nSPS) is 23.2. The Morgan fingerprint density at radius 3 is 2.87 bits per heavy atom. The van der Waals surface area contributed by atoms with Gasteiger partial charge in [0.05, 0.1) is 4.88 Å². The number of rotatable bonds is 1. The molecule has 0 radical (unpaired) electrons. The predicted molar refractivity (Wildman–Crippen MR) is 67.8 cm³/mol. The van der Waals surface area contributed by atoms with E-state index in [9.17, 15) is 0 Å². The Morgan fingerprint density at radius 1 is 1.40 bits per heavy atom. The van der Waals surface area contributed by atoms with Crippen LogP contribution in [0.3, 0.4) is 0 Å². The summed E-state index contributed by atoms with van der Waals surface area (Å²) in [6, 6.07) is 4.14. The minimum atomic E-state index is -0.0452. The van der Waals surface area contributed by atoms with Crippen LogP contribution in [0.2, 0.25) is 0 Å². The Morgan fingerprint density at radius 2 is 2.20 bits per heavy atom. The monoisotopic (exact) mass is 236 g/mol. The molecule has 0 saturated heterocycles. The Bertz CT molecular complexity index is 414. The van der Waals surface area contributed by atoms with Crippen LogP contribution in [0.4, 0.5) is 0 Å². The van der Waals surface area contributed by atoms with Crippen LogP contribution in [0.1, 0.15) is 30.6 Å². The van der Waals surface area contributed by atoms with Gasteiger partial charge in [-0.2, -0.15) is 0 Å². The molecular weight excluding hydrogens is 224 g/mol. The SMILES string of the molecule is S=C1NC2(CCCC2)N=C1c1cccs1. The third-order valence-corrected chi connectivity index (χ3v) is 4.24. The van der Waals surface area contributed by atoms with Crippen LogP contribution in [0.15, 0.2) is 22.5 Å². The van der Waals surface area contributed by atoms with Crippen molar-refractivity contribution >= 4 is 34.3 Å². The van der Waals surface area contributed by atoms with E-state index in [4.69, 9.17) is 17.2 Å². The zero-order chi connectivity index (χ0) is 10.3. The van der Waals surface area contributed by atoms with Gasteiger partial charge in [0.1, 0.15) is 16.4 Å². The zero-order valence-electron chi connectivity index (χ0n) is 8.32. The van der Waals surface area contributed by atoms with E-state index in [2.05, 4.69) is 16.8 Å². The first-order chi connectivity index (χ1) is 7.29. The number of thiophene rings is 1. The van der Waals surface area contributed by atoms with E-state index in [1.807, 2.05) is 6.07 Å². The smallest absolute Gasteiger partial charge is 0.131 e. The van der Waals surface area contributed by atoms with Gasteiger partial charge in [0.15, 0.2) is 0 Å². The third kappa shape index (κ3) is 1.52. The van der Waals surface area contributed by atoms with E-state index >= 15 is 0 Å². The number of thiocarbonyl (C=S) groups is 1. The molecule has 0 atom stereocenters. The first-order valence-electron chi connectivity index (χ1n) is 5.25. The number of aliphatic imine (C=N–C) groups is 1. The molecule has 15 heavy (non-hydrogen) atoms. The van der Waals surface area contributed by atoms with Gasteiger partial charge in [-0.05, 0) is 37.1 Å². The van der Waals surface area contributed by atoms with Gasteiger partial charge in [0.2, 0.25) is 0 Å². The van der Waals surface area contributed by atoms with Gasteiger partial charge in [-0.3, -0.25) is 4.99 Å². The molecule has 1 aromatic rings. The first kappa shape index (κ1) is 9.48. The van der Waals surface area contributed by atoms with E-state index in [1.54, 1.807) is 11.3 Å². The molecule has 3 rings (SSSR count). The van der Waals surface area contributed by atoms with Crippen LogP contribution in [0.5, 0.6) is 0 Å². The maximum atomic E-state index is 5.36. The molecule has 2 nitrogen and oxygen atoms in total. The van der Waals surface area contributed by atoms with Crippen molar-refractivity contribution in [2.75, 3.05) is 0 Å². The van der Waals surface area contributed by atoms with Gasteiger partial charge >= 0.3 is 0 Å². The molecule has 1 N–H and O–H groups in total. The second kappa shape index (κ2) is 3.39. The molecule has 1 spiro atoms. The van der Waals surface area contributed by atoms with Crippen molar-refractivity contribution in [1.29, 1.82) is 0 Å². The summed E-state index contributed by atoms with van der Waals surface area (Å²) in [6.45, 7) is 0. The van der Waals surface area contributed by atoms with Crippen LogP contribution in [0, 0.1) is 0 Å². The average molecular weight is 236 g/mol. The molecule has 0 bridgehead atoms. The molecule has 1 aromatic heterocycles. The van der Waals surface area contributed by atoms with Crippen molar-refractivity contribution in [3.8, 4) is 0 Å². The minimum Gasteiger partial charge on any atom is -0.351 e. The zero-order valence-corrected chi connectivity index (χ0v) is 9.96. The quantitative estimate of drug-likeness (QED) is 0.758. The van der Waals surface area contributed by atoms with Crippen LogP contribution < -0.4 is 5.32 Å². The summed E-state index contributed by atoms with van der Waals surface area (Å²) in [5, 5.41) is 5.47. The van der Waals surface area contributed by atoms with E-state index < -0.39 is 0 Å². The van der Waals surface area contributed by atoms with Crippen molar-refractivity contribution < 1.29 is 0 Å². The fraction of sp³-hybridized carbons (Fsp3) is 0.455. The largest absolute Gasteiger partial charge is 0.351 e. The Labute approximate surface area is 98.4 Å². The van der Waals surface area contributed by atoms with Crippen molar-refractivity contribution in [2.24, 2.45) is 4.99 Å². The molecule has 0 aromatic carbocycles. The lowest BCUT2D eigenvalue weighted by molar-refractivity contribution is 0.426. The molecule has 2 heterocycles. The third-order valence-electron chi connectivity index (χ3n) is 3.07. The van der Waals surface area contributed by atoms with E-state index in [-0.39, 0.29) is 5.66 Å². The van der Waals surface area contributed by atoms with Crippen molar-refractivity contribution in [2.45, 2.75) is 31.3 Å². The summed E-state index contributed by atoms with van der Waals surface area (Å²) in [6.07, 6.45) is 4.78. The summed E-state index contributed by atoms with van der Waals surface area (Å²) < 4.78 is 0. The van der Waals surface area contributed by atoms with Gasteiger partial charge in [-0.15, -0.1) is 11.3 Å². The van der Waals surface area contributed by atoms with Gasteiger partial charge < -0.3 is 5.32 Å². The summed E-state index contributed by atoms with van der Waals surface area (Å²) >= 11 is 7.07. The molecule has 4 heteroatoms. The van der Waals surface area contributed by atoms with Gasteiger partial charge in [-0.25, -0.2) is 0 Å². The number of hydrogen-bond acceptors (Lipinski definition) is 3. The second-order valence-electron chi connectivity index (χ2n) is 4.13. The van der Waals surface area contributed by atoms with Crippen molar-refractivity contribution in [3.63, 3.8) is 0 Å². The van der Waals surface area contributed by atoms with Crippen LogP contribution >= 0.6 is 23.6 Å². The van der Waals surface area contributed by atoms with Crippen LogP contribution in [-0.4, -0.2) is 16.4 Å². The summed E-state index contributed by atoms with van der Waals surface area (Å²) in [5.41, 5.74) is 0.957. The molecule has 1 aliphatic carbocycles. The maximum absolute atomic E-state index is 5.36. The van der Waals surface area contributed by atoms with Crippen LogP contribution in [0.25, 0.3) is 0 Å². The van der Waals surface area contributed by atoms with Gasteiger partial charge in [-0.1, -0.05) is 18.3 Å². The fourth-order valence-electron chi connectivity index (χ4n) is 2.34. The highest BCUT2D eigenvalue weighted by molar-refractivity contribution is 7.82. The number of nitrogens with one attached hydrogen (secondary N) is 1. The lowest BCUT2D eigenvalue weighted by Gasteiger charge is -2.19. The van der Waals surface area contributed by atoms with E-state index in [0.29, 0.717) is 0 Å². The van der Waals surface area contributed by atoms with E-state index in [1.165, 1.54) is 17.7 Å². The van der Waals surface area contributed by atoms with E-state index in [0.717, 1.165) is 23.5 Å². The summed E-state index contributed by atoms with van der Waals surface area (Å²) in [4.78, 5) is 6.84. The molecule has 0 unspecified atom stereocenters.